The van der Waals surface area contributed by atoms with Crippen LogP contribution in [0, 0.1) is 5.92 Å². The first-order valence-electron chi connectivity index (χ1n) is 8.66. The van der Waals surface area contributed by atoms with E-state index in [0.29, 0.717) is 0 Å². The minimum Gasteiger partial charge on any atom is -0.465 e. The van der Waals surface area contributed by atoms with Gasteiger partial charge in [-0.25, -0.2) is 9.59 Å². The van der Waals surface area contributed by atoms with Crippen LogP contribution in [0.15, 0.2) is 0 Å². The van der Waals surface area contributed by atoms with Crippen LogP contribution in [0.5, 0.6) is 0 Å². The van der Waals surface area contributed by atoms with Gasteiger partial charge in [0.15, 0.2) is 5.92 Å². The molecule has 0 rings (SSSR count). The third-order valence-corrected chi connectivity index (χ3v) is 3.29. The first-order chi connectivity index (χ1) is 12.7. The fourth-order valence-electron chi connectivity index (χ4n) is 2.27. The zero-order valence-electron chi connectivity index (χ0n) is 16.3. The molecular formula is C17H27NO9. The molecule has 0 spiro atoms. The minimum absolute atomic E-state index is 0.0410. The molecule has 0 saturated carbocycles. The molecule has 10 heteroatoms. The van der Waals surface area contributed by atoms with Gasteiger partial charge in [0.2, 0.25) is 11.4 Å². The SMILES string of the molecule is CCOC(=O)C(CC(NC(C)=O)(C(=O)OCC)C(=O)OCC)C(=O)OCC. The van der Waals surface area contributed by atoms with Gasteiger partial charge in [-0.15, -0.1) is 0 Å². The summed E-state index contributed by atoms with van der Waals surface area (Å²) in [5.74, 6) is -6.72. The molecule has 0 aliphatic heterocycles. The summed E-state index contributed by atoms with van der Waals surface area (Å²) in [4.78, 5) is 61.3. The highest BCUT2D eigenvalue weighted by atomic mass is 16.6. The highest BCUT2D eigenvalue weighted by molar-refractivity contribution is 6.09. The number of hydrogen-bond donors (Lipinski definition) is 1. The van der Waals surface area contributed by atoms with E-state index < -0.39 is 47.7 Å². The lowest BCUT2D eigenvalue weighted by atomic mass is 9.86. The van der Waals surface area contributed by atoms with Crippen LogP contribution in [0.4, 0.5) is 0 Å². The predicted octanol–water partition coefficient (Wildman–Crippen LogP) is 0.120. The monoisotopic (exact) mass is 389 g/mol. The lowest BCUT2D eigenvalue weighted by molar-refractivity contribution is -0.172. The molecule has 0 aromatic carbocycles. The summed E-state index contributed by atoms with van der Waals surface area (Å²) in [6.45, 7) is 6.81. The van der Waals surface area contributed by atoms with Gasteiger partial charge in [0.25, 0.3) is 0 Å². The van der Waals surface area contributed by atoms with E-state index >= 15 is 0 Å². The van der Waals surface area contributed by atoms with Crippen LogP contribution in [0.3, 0.4) is 0 Å². The summed E-state index contributed by atoms with van der Waals surface area (Å²) < 4.78 is 19.5. The van der Waals surface area contributed by atoms with E-state index in [1.165, 1.54) is 27.7 Å². The van der Waals surface area contributed by atoms with Crippen molar-refractivity contribution in [2.75, 3.05) is 26.4 Å². The van der Waals surface area contributed by atoms with E-state index in [-0.39, 0.29) is 26.4 Å². The number of rotatable bonds is 11. The van der Waals surface area contributed by atoms with Crippen molar-refractivity contribution in [1.29, 1.82) is 0 Å². The number of amides is 1. The van der Waals surface area contributed by atoms with Crippen molar-refractivity contribution in [3.05, 3.63) is 0 Å². The van der Waals surface area contributed by atoms with Crippen LogP contribution in [-0.4, -0.2) is 61.8 Å². The minimum atomic E-state index is -2.40. The van der Waals surface area contributed by atoms with Gasteiger partial charge in [0.1, 0.15) is 0 Å². The Balaban J connectivity index is 6.19. The quantitative estimate of drug-likeness (QED) is 0.297. The second kappa shape index (κ2) is 11.9. The standard InChI is InChI=1S/C17H27NO9/c1-6-24-13(20)12(14(21)25-7-2)10-17(18-11(5)19,15(22)26-8-3)16(23)27-9-4/h12H,6-10H2,1-5H3,(H,18,19). The van der Waals surface area contributed by atoms with Crippen LogP contribution in [0.25, 0.3) is 0 Å². The molecule has 1 amide bonds. The van der Waals surface area contributed by atoms with Crippen LogP contribution >= 0.6 is 0 Å². The maximum Gasteiger partial charge on any atom is 0.343 e. The summed E-state index contributed by atoms with van der Waals surface area (Å²) in [7, 11) is 0. The number of hydrogen-bond acceptors (Lipinski definition) is 9. The van der Waals surface area contributed by atoms with Gasteiger partial charge in [-0.2, -0.15) is 0 Å². The molecule has 0 aromatic heterocycles. The van der Waals surface area contributed by atoms with Crippen molar-refractivity contribution in [2.45, 2.75) is 46.6 Å². The molecule has 0 bridgehead atoms. The van der Waals surface area contributed by atoms with Crippen LogP contribution < -0.4 is 5.32 Å². The van der Waals surface area contributed by atoms with Crippen molar-refractivity contribution in [3.63, 3.8) is 0 Å². The largest absolute Gasteiger partial charge is 0.465 e. The predicted molar refractivity (Wildman–Crippen MR) is 91.2 cm³/mol. The smallest absolute Gasteiger partial charge is 0.343 e. The Kier molecular flexibility index (Phi) is 10.7. The Morgan fingerprint density at radius 3 is 1.41 bits per heavy atom. The average molecular weight is 389 g/mol. The van der Waals surface area contributed by atoms with Crippen molar-refractivity contribution >= 4 is 29.8 Å². The van der Waals surface area contributed by atoms with Crippen LogP contribution in [0.2, 0.25) is 0 Å². The third kappa shape index (κ3) is 6.87. The fraction of sp³-hybridized carbons (Fsp3) is 0.706. The molecular weight excluding hydrogens is 362 g/mol. The van der Waals surface area contributed by atoms with Crippen LogP contribution in [0.1, 0.15) is 41.0 Å². The van der Waals surface area contributed by atoms with E-state index in [0.717, 1.165) is 6.92 Å². The second-order valence-electron chi connectivity index (χ2n) is 5.29. The lowest BCUT2D eigenvalue weighted by Crippen LogP contribution is -2.63. The number of esters is 4. The number of nitrogens with one attached hydrogen (secondary N) is 1. The molecule has 27 heavy (non-hydrogen) atoms. The first kappa shape index (κ1) is 24.4. The zero-order chi connectivity index (χ0) is 21.0. The lowest BCUT2D eigenvalue weighted by Gasteiger charge is -2.31. The van der Waals surface area contributed by atoms with E-state index in [9.17, 15) is 24.0 Å². The molecule has 0 fully saturated rings. The molecule has 0 atom stereocenters. The van der Waals surface area contributed by atoms with Crippen molar-refractivity contribution in [1.82, 2.24) is 5.32 Å². The molecule has 1 N–H and O–H groups in total. The van der Waals surface area contributed by atoms with Crippen molar-refractivity contribution in [3.8, 4) is 0 Å². The van der Waals surface area contributed by atoms with Crippen molar-refractivity contribution in [2.24, 2.45) is 5.92 Å². The zero-order valence-corrected chi connectivity index (χ0v) is 16.3. The van der Waals surface area contributed by atoms with Gasteiger partial charge in [-0.05, 0) is 27.7 Å². The van der Waals surface area contributed by atoms with E-state index in [1.54, 1.807) is 0 Å². The van der Waals surface area contributed by atoms with E-state index in [4.69, 9.17) is 18.9 Å². The molecule has 0 radical (unpaired) electrons. The van der Waals surface area contributed by atoms with Crippen molar-refractivity contribution < 1.29 is 42.9 Å². The highest BCUT2D eigenvalue weighted by Gasteiger charge is 2.54. The van der Waals surface area contributed by atoms with Gasteiger partial charge >= 0.3 is 23.9 Å². The summed E-state index contributed by atoms with van der Waals surface area (Å²) in [5.41, 5.74) is -2.40. The molecule has 10 nitrogen and oxygen atoms in total. The van der Waals surface area contributed by atoms with Gasteiger partial charge in [-0.3, -0.25) is 14.4 Å². The van der Waals surface area contributed by atoms with Gasteiger partial charge in [0, 0.05) is 13.3 Å². The second-order valence-corrected chi connectivity index (χ2v) is 5.29. The third-order valence-electron chi connectivity index (χ3n) is 3.29. The maximum absolute atomic E-state index is 12.6. The van der Waals surface area contributed by atoms with Gasteiger partial charge in [-0.1, -0.05) is 0 Å². The van der Waals surface area contributed by atoms with Gasteiger partial charge < -0.3 is 24.3 Å². The summed E-state index contributed by atoms with van der Waals surface area (Å²) in [6.07, 6.45) is -0.762. The molecule has 0 heterocycles. The summed E-state index contributed by atoms with van der Waals surface area (Å²) >= 11 is 0. The number of carbonyl (C=O) groups is 5. The first-order valence-corrected chi connectivity index (χ1v) is 8.66. The maximum atomic E-state index is 12.6. The topological polar surface area (TPSA) is 134 Å². The Morgan fingerprint density at radius 1 is 0.741 bits per heavy atom. The van der Waals surface area contributed by atoms with E-state index in [2.05, 4.69) is 5.32 Å². The Bertz CT molecular complexity index is 523. The van der Waals surface area contributed by atoms with Crippen LogP contribution in [-0.2, 0) is 42.9 Å². The molecule has 0 aliphatic carbocycles. The number of ether oxygens (including phenoxy) is 4. The van der Waals surface area contributed by atoms with E-state index in [1.807, 2.05) is 0 Å². The molecule has 0 aliphatic rings. The molecule has 0 unspecified atom stereocenters. The summed E-state index contributed by atoms with van der Waals surface area (Å²) in [5, 5.41) is 2.18. The Hall–Kier alpha value is -2.65. The molecule has 154 valence electrons. The average Bonchev–Trinajstić information content (AvgIpc) is 2.58. The number of carbonyl (C=O) groups excluding carboxylic acids is 5. The van der Waals surface area contributed by atoms with Gasteiger partial charge in [0.05, 0.1) is 26.4 Å². The normalized spacial score (nSPS) is 10.7. The Morgan fingerprint density at radius 2 is 1.11 bits per heavy atom. The molecule has 0 aromatic rings. The fourth-order valence-corrected chi connectivity index (χ4v) is 2.27. The highest BCUT2D eigenvalue weighted by Crippen LogP contribution is 2.24. The molecule has 0 saturated heterocycles. The summed E-state index contributed by atoms with van der Waals surface area (Å²) in [6, 6.07) is 0. The Labute approximate surface area is 157 Å².